The standard InChI is InChI=1S/C23H19F3N4O2S/c24-23(25,26)33-19-9-7-18(8-10-19)29-22(32)30-20(21(31)28-12-11-27)14-15-5-6-16-3-1-2-4-17(16)13-15/h1-10,13,20H,12,14H2,(H,28,31)(H2,29,30,32). The maximum Gasteiger partial charge on any atom is 0.446 e. The predicted molar refractivity (Wildman–Crippen MR) is 121 cm³/mol. The van der Waals surface area contributed by atoms with Gasteiger partial charge in [0.25, 0.3) is 0 Å². The van der Waals surface area contributed by atoms with E-state index in [2.05, 4.69) is 16.0 Å². The summed E-state index contributed by atoms with van der Waals surface area (Å²) in [4.78, 5) is 25.0. The van der Waals surface area contributed by atoms with Gasteiger partial charge in [-0.05, 0) is 52.4 Å². The average molecular weight is 472 g/mol. The molecule has 170 valence electrons. The number of fused-ring (bicyclic) bond motifs is 1. The number of amides is 3. The molecule has 3 aromatic rings. The number of rotatable bonds is 7. The Morgan fingerprint density at radius 3 is 2.36 bits per heavy atom. The third-order valence-electron chi connectivity index (χ3n) is 4.56. The second-order valence-electron chi connectivity index (χ2n) is 6.98. The van der Waals surface area contributed by atoms with Crippen molar-refractivity contribution in [1.82, 2.24) is 10.6 Å². The molecule has 0 radical (unpaired) electrons. The van der Waals surface area contributed by atoms with Gasteiger partial charge in [-0.25, -0.2) is 4.79 Å². The van der Waals surface area contributed by atoms with E-state index in [1.807, 2.05) is 48.5 Å². The van der Waals surface area contributed by atoms with Crippen LogP contribution in [0.2, 0.25) is 0 Å². The van der Waals surface area contributed by atoms with Crippen LogP contribution >= 0.6 is 11.8 Å². The summed E-state index contributed by atoms with van der Waals surface area (Å²) in [7, 11) is 0. The lowest BCUT2D eigenvalue weighted by molar-refractivity contribution is -0.122. The van der Waals surface area contributed by atoms with Crippen molar-refractivity contribution in [3.8, 4) is 6.07 Å². The number of alkyl halides is 3. The van der Waals surface area contributed by atoms with Crippen molar-refractivity contribution in [3.05, 3.63) is 72.3 Å². The van der Waals surface area contributed by atoms with Crippen LogP contribution in [-0.2, 0) is 11.2 Å². The molecule has 0 aliphatic heterocycles. The molecule has 3 aromatic carbocycles. The average Bonchev–Trinajstić information content (AvgIpc) is 2.77. The van der Waals surface area contributed by atoms with E-state index >= 15 is 0 Å². The summed E-state index contributed by atoms with van der Waals surface area (Å²) in [6.45, 7) is -0.214. The fourth-order valence-corrected chi connectivity index (χ4v) is 3.67. The molecule has 0 aliphatic carbocycles. The second kappa shape index (κ2) is 10.7. The molecule has 3 amide bonds. The largest absolute Gasteiger partial charge is 0.446 e. The lowest BCUT2D eigenvalue weighted by Gasteiger charge is -2.19. The molecule has 6 nitrogen and oxygen atoms in total. The zero-order valence-corrected chi connectivity index (χ0v) is 18.0. The first kappa shape index (κ1) is 23.9. The summed E-state index contributed by atoms with van der Waals surface area (Å²) in [5.41, 5.74) is -3.33. The van der Waals surface area contributed by atoms with Crippen molar-refractivity contribution < 1.29 is 22.8 Å². The van der Waals surface area contributed by atoms with Gasteiger partial charge in [0.05, 0.1) is 6.07 Å². The first-order valence-electron chi connectivity index (χ1n) is 9.79. The maximum absolute atomic E-state index is 12.5. The summed E-state index contributed by atoms with van der Waals surface area (Å²) in [5.74, 6) is -0.531. The van der Waals surface area contributed by atoms with Gasteiger partial charge in [0, 0.05) is 17.0 Å². The Morgan fingerprint density at radius 2 is 1.70 bits per heavy atom. The van der Waals surface area contributed by atoms with Gasteiger partial charge in [-0.1, -0.05) is 42.5 Å². The molecule has 0 spiro atoms. The molecule has 0 aliphatic rings. The molecule has 0 bridgehead atoms. The highest BCUT2D eigenvalue weighted by Gasteiger charge is 2.29. The molecule has 1 atom stereocenters. The van der Waals surface area contributed by atoms with E-state index in [0.29, 0.717) is 0 Å². The van der Waals surface area contributed by atoms with Crippen molar-refractivity contribution in [1.29, 1.82) is 5.26 Å². The van der Waals surface area contributed by atoms with E-state index in [1.165, 1.54) is 24.3 Å². The number of nitrogens with zero attached hydrogens (tertiary/aromatic N) is 1. The summed E-state index contributed by atoms with van der Waals surface area (Å²) in [5, 5.41) is 18.3. The van der Waals surface area contributed by atoms with Crippen LogP contribution in [0.1, 0.15) is 5.56 Å². The normalized spacial score (nSPS) is 11.9. The lowest BCUT2D eigenvalue weighted by atomic mass is 10.0. The molecular weight excluding hydrogens is 453 g/mol. The highest BCUT2D eigenvalue weighted by molar-refractivity contribution is 8.00. The number of anilines is 1. The smallest absolute Gasteiger partial charge is 0.341 e. The number of benzene rings is 3. The highest BCUT2D eigenvalue weighted by atomic mass is 32.2. The van der Waals surface area contributed by atoms with Crippen LogP contribution in [0.3, 0.4) is 0 Å². The number of nitriles is 1. The predicted octanol–water partition coefficient (Wildman–Crippen LogP) is 4.82. The van der Waals surface area contributed by atoms with Gasteiger partial charge in [-0.3, -0.25) is 4.79 Å². The summed E-state index contributed by atoms with van der Waals surface area (Å²) < 4.78 is 37.4. The Morgan fingerprint density at radius 1 is 1.00 bits per heavy atom. The third-order valence-corrected chi connectivity index (χ3v) is 5.30. The van der Waals surface area contributed by atoms with Gasteiger partial charge in [0.15, 0.2) is 0 Å². The Bertz CT molecular complexity index is 1180. The second-order valence-corrected chi connectivity index (χ2v) is 8.12. The first-order valence-corrected chi connectivity index (χ1v) is 10.6. The molecule has 1 unspecified atom stereocenters. The van der Waals surface area contributed by atoms with Gasteiger partial charge in [-0.2, -0.15) is 18.4 Å². The molecule has 3 N–H and O–H groups in total. The van der Waals surface area contributed by atoms with E-state index in [1.54, 1.807) is 0 Å². The molecule has 0 fully saturated rings. The number of nitrogens with one attached hydrogen (secondary N) is 3. The van der Waals surface area contributed by atoms with Crippen molar-refractivity contribution in [2.45, 2.75) is 22.9 Å². The Labute approximate surface area is 192 Å². The molecule has 33 heavy (non-hydrogen) atoms. The minimum absolute atomic E-state index is 0.0153. The van der Waals surface area contributed by atoms with Crippen LogP contribution in [0, 0.1) is 11.3 Å². The first-order chi connectivity index (χ1) is 15.7. The maximum atomic E-state index is 12.5. The van der Waals surface area contributed by atoms with Crippen LogP contribution in [0.15, 0.2) is 71.6 Å². The van der Waals surface area contributed by atoms with E-state index in [-0.39, 0.29) is 35.3 Å². The summed E-state index contributed by atoms with van der Waals surface area (Å²) in [6, 6.07) is 18.7. The van der Waals surface area contributed by atoms with E-state index < -0.39 is 23.5 Å². The third kappa shape index (κ3) is 7.43. The summed E-state index contributed by atoms with van der Waals surface area (Å²) >= 11 is -0.255. The molecule has 0 heterocycles. The fraction of sp³-hybridized carbons (Fsp3) is 0.174. The van der Waals surface area contributed by atoms with Crippen molar-refractivity contribution >= 4 is 40.2 Å². The van der Waals surface area contributed by atoms with Gasteiger partial charge >= 0.3 is 11.5 Å². The molecule has 10 heteroatoms. The zero-order valence-electron chi connectivity index (χ0n) is 17.1. The number of carbonyl (C=O) groups excluding carboxylic acids is 2. The van der Waals surface area contributed by atoms with E-state index in [4.69, 9.17) is 5.26 Å². The Hall–Kier alpha value is -3.71. The number of hydrogen-bond acceptors (Lipinski definition) is 4. The molecule has 0 saturated carbocycles. The van der Waals surface area contributed by atoms with Crippen LogP contribution < -0.4 is 16.0 Å². The molecule has 0 saturated heterocycles. The Kier molecular flexibility index (Phi) is 7.79. The van der Waals surface area contributed by atoms with Crippen LogP contribution in [-0.4, -0.2) is 30.0 Å². The van der Waals surface area contributed by atoms with Gasteiger partial charge < -0.3 is 16.0 Å². The van der Waals surface area contributed by atoms with Crippen LogP contribution in [0.4, 0.5) is 23.7 Å². The number of hydrogen-bond donors (Lipinski definition) is 3. The Balaban J connectivity index is 1.69. The molecule has 0 aromatic heterocycles. The fourth-order valence-electron chi connectivity index (χ4n) is 3.13. The van der Waals surface area contributed by atoms with Crippen LogP contribution in [0.25, 0.3) is 10.8 Å². The topological polar surface area (TPSA) is 94.0 Å². The van der Waals surface area contributed by atoms with Crippen molar-refractivity contribution in [3.63, 3.8) is 0 Å². The van der Waals surface area contributed by atoms with E-state index in [9.17, 15) is 22.8 Å². The van der Waals surface area contributed by atoms with Crippen molar-refractivity contribution in [2.24, 2.45) is 0 Å². The lowest BCUT2D eigenvalue weighted by Crippen LogP contribution is -2.49. The van der Waals surface area contributed by atoms with Crippen LogP contribution in [0.5, 0.6) is 0 Å². The number of urea groups is 1. The SMILES string of the molecule is N#CCNC(=O)C(Cc1ccc2ccccc2c1)NC(=O)Nc1ccc(SC(F)(F)F)cc1. The minimum Gasteiger partial charge on any atom is -0.341 e. The molecular formula is C23H19F3N4O2S. The number of thioether (sulfide) groups is 1. The van der Waals surface area contributed by atoms with E-state index in [0.717, 1.165) is 16.3 Å². The minimum atomic E-state index is -4.40. The number of carbonyl (C=O) groups is 2. The zero-order chi connectivity index (χ0) is 23.8. The quantitative estimate of drug-likeness (QED) is 0.339. The molecule has 3 rings (SSSR count). The summed E-state index contributed by atoms with van der Waals surface area (Å²) in [6.07, 6.45) is 0.177. The van der Waals surface area contributed by atoms with Gasteiger partial charge in [0.2, 0.25) is 5.91 Å². The van der Waals surface area contributed by atoms with Crippen molar-refractivity contribution in [2.75, 3.05) is 11.9 Å². The highest BCUT2D eigenvalue weighted by Crippen LogP contribution is 2.37. The van der Waals surface area contributed by atoms with Gasteiger partial charge in [0.1, 0.15) is 12.6 Å². The number of halogens is 3. The van der Waals surface area contributed by atoms with Gasteiger partial charge in [-0.15, -0.1) is 0 Å². The monoisotopic (exact) mass is 472 g/mol.